The highest BCUT2D eigenvalue weighted by Crippen LogP contribution is 2.29. The van der Waals surface area contributed by atoms with Gasteiger partial charge >= 0.3 is 35.8 Å². The average molecular weight is 605 g/mol. The van der Waals surface area contributed by atoms with Crippen LogP contribution in [0.2, 0.25) is 0 Å². The van der Waals surface area contributed by atoms with E-state index in [1.54, 1.807) is 27.7 Å². The van der Waals surface area contributed by atoms with Crippen LogP contribution in [0.3, 0.4) is 0 Å². The van der Waals surface area contributed by atoms with Gasteiger partial charge in [0.15, 0.2) is 6.61 Å². The van der Waals surface area contributed by atoms with Crippen LogP contribution in [0.5, 0.6) is 0 Å². The smallest absolute Gasteiger partial charge is 0.341 e. The second-order valence-corrected chi connectivity index (χ2v) is 12.2. The first kappa shape index (κ1) is 41.0. The molecule has 0 aromatic carbocycles. The van der Waals surface area contributed by atoms with Crippen LogP contribution in [-0.2, 0) is 43.0 Å². The van der Waals surface area contributed by atoms with Gasteiger partial charge in [-0.25, -0.2) is 4.79 Å². The molecule has 0 aliphatic heterocycles. The molecule has 0 bridgehead atoms. The highest BCUT2D eigenvalue weighted by Gasteiger charge is 2.33. The van der Waals surface area contributed by atoms with Crippen molar-refractivity contribution in [1.29, 1.82) is 0 Å². The van der Waals surface area contributed by atoms with Crippen LogP contribution >= 0.6 is 0 Å². The first-order valence-corrected chi connectivity index (χ1v) is 14.4. The zero-order valence-electron chi connectivity index (χ0n) is 26.7. The maximum Gasteiger partial charge on any atom is 0.341 e. The van der Waals surface area contributed by atoms with E-state index in [2.05, 4.69) is 4.74 Å². The van der Waals surface area contributed by atoms with E-state index in [0.29, 0.717) is 38.5 Å². The molecule has 1 fully saturated rings. The van der Waals surface area contributed by atoms with Gasteiger partial charge in [-0.3, -0.25) is 24.0 Å². The third-order valence-electron chi connectivity index (χ3n) is 7.48. The van der Waals surface area contributed by atoms with Crippen LogP contribution in [0.15, 0.2) is 0 Å². The zero-order valence-corrected chi connectivity index (χ0v) is 26.7. The van der Waals surface area contributed by atoms with E-state index in [4.69, 9.17) is 24.8 Å². The maximum atomic E-state index is 11.8. The van der Waals surface area contributed by atoms with E-state index in [9.17, 15) is 28.8 Å². The first-order valence-electron chi connectivity index (χ1n) is 14.4. The molecular formula is C30H52O12. The second kappa shape index (κ2) is 19.1. The number of hydrogen-bond acceptors (Lipinski definition) is 9. The fourth-order valence-corrected chi connectivity index (χ4v) is 2.92. The number of aliphatic carboxylic acids is 3. The van der Waals surface area contributed by atoms with E-state index in [1.165, 1.54) is 0 Å². The number of carboxylic acids is 3. The fraction of sp³-hybridized carbons (Fsp3) is 0.800. The third-order valence-corrected chi connectivity index (χ3v) is 7.48. The topological polar surface area (TPSA) is 191 Å². The Labute approximate surface area is 249 Å². The predicted molar refractivity (Wildman–Crippen MR) is 153 cm³/mol. The summed E-state index contributed by atoms with van der Waals surface area (Å²) in [7, 11) is 0. The van der Waals surface area contributed by atoms with Gasteiger partial charge in [-0.15, -0.1) is 0 Å². The van der Waals surface area contributed by atoms with Gasteiger partial charge in [0.1, 0.15) is 12.7 Å². The SMILES string of the molecule is CCC(C)(C)C(=O)OC1CCC(C(=O)O)CC1.CCC(C)(C)C(=O)OCC(=O)O.CCC(C)(C)C(=O)OCCC(=O)O. The molecule has 12 heteroatoms. The van der Waals surface area contributed by atoms with Gasteiger partial charge in [-0.1, -0.05) is 20.8 Å². The van der Waals surface area contributed by atoms with Crippen molar-refractivity contribution in [1.82, 2.24) is 0 Å². The molecule has 0 spiro atoms. The lowest BCUT2D eigenvalue weighted by Crippen LogP contribution is -2.33. The lowest BCUT2D eigenvalue weighted by Gasteiger charge is -2.29. The van der Waals surface area contributed by atoms with Crippen LogP contribution in [-0.4, -0.2) is 70.5 Å². The predicted octanol–water partition coefficient (Wildman–Crippen LogP) is 5.10. The van der Waals surface area contributed by atoms with Crippen LogP contribution in [0, 0.1) is 22.2 Å². The van der Waals surface area contributed by atoms with Crippen LogP contribution in [0.25, 0.3) is 0 Å². The minimum atomic E-state index is -1.13. The van der Waals surface area contributed by atoms with E-state index in [1.807, 2.05) is 34.6 Å². The molecule has 0 atom stereocenters. The summed E-state index contributed by atoms with van der Waals surface area (Å²) in [6.07, 6.45) is 4.39. The van der Waals surface area contributed by atoms with Crippen molar-refractivity contribution in [3.8, 4) is 0 Å². The van der Waals surface area contributed by atoms with Crippen molar-refractivity contribution in [2.75, 3.05) is 13.2 Å². The summed E-state index contributed by atoms with van der Waals surface area (Å²) >= 11 is 0. The van der Waals surface area contributed by atoms with E-state index < -0.39 is 46.7 Å². The van der Waals surface area contributed by atoms with Crippen LogP contribution in [0.1, 0.15) is 114 Å². The molecule has 0 radical (unpaired) electrons. The number of carbonyl (C=O) groups is 6. The second-order valence-electron chi connectivity index (χ2n) is 12.2. The van der Waals surface area contributed by atoms with Gasteiger partial charge in [0.05, 0.1) is 28.6 Å². The quantitative estimate of drug-likeness (QED) is 0.186. The third kappa shape index (κ3) is 16.9. The summed E-state index contributed by atoms with van der Waals surface area (Å²) in [5.41, 5.74) is -1.54. The van der Waals surface area contributed by atoms with E-state index >= 15 is 0 Å². The Kier molecular flexibility index (Phi) is 18.6. The highest BCUT2D eigenvalue weighted by atomic mass is 16.6. The van der Waals surface area contributed by atoms with E-state index in [0.717, 1.165) is 6.42 Å². The monoisotopic (exact) mass is 604 g/mol. The van der Waals surface area contributed by atoms with Crippen molar-refractivity contribution in [3.63, 3.8) is 0 Å². The molecule has 3 N–H and O–H groups in total. The van der Waals surface area contributed by atoms with Crippen molar-refractivity contribution >= 4 is 35.8 Å². The van der Waals surface area contributed by atoms with Gasteiger partial charge in [-0.05, 0) is 86.5 Å². The highest BCUT2D eigenvalue weighted by molar-refractivity contribution is 5.79. The summed E-state index contributed by atoms with van der Waals surface area (Å²) in [6.45, 7) is 15.8. The van der Waals surface area contributed by atoms with Crippen molar-refractivity contribution < 1.29 is 58.3 Å². The fourth-order valence-electron chi connectivity index (χ4n) is 2.92. The summed E-state index contributed by atoms with van der Waals surface area (Å²) in [4.78, 5) is 65.1. The normalized spacial score (nSPS) is 16.8. The van der Waals surface area contributed by atoms with Crippen molar-refractivity contribution in [2.24, 2.45) is 22.2 Å². The summed E-state index contributed by atoms with van der Waals surface area (Å²) in [5.74, 6) is -4.05. The molecule has 244 valence electrons. The number of carboxylic acid groups (broad SMARTS) is 3. The van der Waals surface area contributed by atoms with Gasteiger partial charge < -0.3 is 29.5 Å². The number of rotatable bonds is 13. The summed E-state index contributed by atoms with van der Waals surface area (Å²) in [5, 5.41) is 25.4. The first-order chi connectivity index (χ1) is 19.2. The van der Waals surface area contributed by atoms with Gasteiger partial charge in [-0.2, -0.15) is 0 Å². The molecular weight excluding hydrogens is 552 g/mol. The number of esters is 3. The molecule has 1 aliphatic carbocycles. The Morgan fingerprint density at radius 2 is 1.02 bits per heavy atom. The zero-order chi connectivity index (χ0) is 33.3. The molecule has 0 unspecified atom stereocenters. The molecule has 0 heterocycles. The van der Waals surface area contributed by atoms with Crippen LogP contribution in [0.4, 0.5) is 0 Å². The summed E-state index contributed by atoms with van der Waals surface area (Å²) in [6, 6.07) is 0. The molecule has 42 heavy (non-hydrogen) atoms. The Hall–Kier alpha value is -3.18. The van der Waals surface area contributed by atoms with E-state index in [-0.39, 0.29) is 37.0 Å². The number of hydrogen-bond donors (Lipinski definition) is 3. The molecule has 0 aromatic rings. The lowest BCUT2D eigenvalue weighted by molar-refractivity contribution is -0.162. The lowest BCUT2D eigenvalue weighted by atomic mass is 9.86. The Morgan fingerprint density at radius 3 is 1.38 bits per heavy atom. The molecule has 0 aromatic heterocycles. The van der Waals surface area contributed by atoms with Crippen LogP contribution < -0.4 is 0 Å². The number of carbonyl (C=O) groups excluding carboxylic acids is 3. The minimum absolute atomic E-state index is 0.0441. The minimum Gasteiger partial charge on any atom is -0.481 e. The van der Waals surface area contributed by atoms with Gasteiger partial charge in [0, 0.05) is 0 Å². The Balaban J connectivity index is 0. The van der Waals surface area contributed by atoms with Crippen molar-refractivity contribution in [3.05, 3.63) is 0 Å². The Morgan fingerprint density at radius 1 is 0.619 bits per heavy atom. The van der Waals surface area contributed by atoms with Gasteiger partial charge in [0.25, 0.3) is 0 Å². The molecule has 1 saturated carbocycles. The molecule has 12 nitrogen and oxygen atoms in total. The Bertz CT molecular complexity index is 896. The largest absolute Gasteiger partial charge is 0.481 e. The molecule has 1 rings (SSSR count). The maximum absolute atomic E-state index is 11.8. The summed E-state index contributed by atoms with van der Waals surface area (Å²) < 4.78 is 14.8. The average Bonchev–Trinajstić information content (AvgIpc) is 2.92. The molecule has 0 amide bonds. The van der Waals surface area contributed by atoms with Gasteiger partial charge in [0.2, 0.25) is 0 Å². The standard InChI is InChI=1S/C13H22O4.C9H16O4.C8H14O4/c1-4-13(2,3)12(16)17-10-7-5-9(6-8-10)11(14)15;1-4-9(2,3)8(12)13-6-5-7(10)11;1-4-8(2,3)7(11)12-5-6(9)10/h9-10H,4-8H2,1-3H3,(H,14,15);4-6H2,1-3H3,(H,10,11);4-5H2,1-3H3,(H,9,10). The number of ether oxygens (including phenoxy) is 3. The molecule has 0 saturated heterocycles. The van der Waals surface area contributed by atoms with Crippen molar-refractivity contribution in [2.45, 2.75) is 120 Å². The molecule has 1 aliphatic rings.